The molecule has 2 rings (SSSR count). The summed E-state index contributed by atoms with van der Waals surface area (Å²) in [5, 5.41) is 0. The topological polar surface area (TPSA) is 49.9 Å². The van der Waals surface area contributed by atoms with Crippen LogP contribution in [0.2, 0.25) is 0 Å². The first-order chi connectivity index (χ1) is 10.7. The fourth-order valence-electron chi connectivity index (χ4n) is 2.74. The van der Waals surface area contributed by atoms with Crippen molar-refractivity contribution in [2.45, 2.75) is 26.2 Å². The molecule has 1 aromatic rings. The van der Waals surface area contributed by atoms with Crippen LogP contribution >= 0.6 is 0 Å². The molecule has 0 saturated carbocycles. The molecule has 1 heterocycles. The van der Waals surface area contributed by atoms with Crippen LogP contribution in [0, 0.1) is 0 Å². The number of piperazine rings is 1. The molecule has 1 aliphatic rings. The van der Waals surface area contributed by atoms with Crippen LogP contribution in [0.1, 0.15) is 25.3 Å². The van der Waals surface area contributed by atoms with Crippen LogP contribution in [0.25, 0.3) is 0 Å². The van der Waals surface area contributed by atoms with Crippen molar-refractivity contribution in [3.05, 3.63) is 29.8 Å². The van der Waals surface area contributed by atoms with E-state index in [9.17, 15) is 9.59 Å². The van der Waals surface area contributed by atoms with E-state index in [0.29, 0.717) is 45.4 Å². The summed E-state index contributed by atoms with van der Waals surface area (Å²) in [4.78, 5) is 27.6. The minimum atomic E-state index is 0.148. The number of amides is 2. The van der Waals surface area contributed by atoms with Gasteiger partial charge in [-0.2, -0.15) is 0 Å². The van der Waals surface area contributed by atoms with Crippen LogP contribution in [-0.4, -0.2) is 54.9 Å². The Balaban J connectivity index is 1.82. The van der Waals surface area contributed by atoms with Gasteiger partial charge in [-0.1, -0.05) is 25.1 Å². The summed E-state index contributed by atoms with van der Waals surface area (Å²) in [6.07, 6.45) is 1.68. The number of benzene rings is 1. The first kappa shape index (κ1) is 16.3. The molecule has 0 N–H and O–H groups in total. The van der Waals surface area contributed by atoms with Gasteiger partial charge in [0.05, 0.1) is 7.11 Å². The number of carbonyl (C=O) groups excluding carboxylic acids is 2. The third-order valence-corrected chi connectivity index (χ3v) is 4.09. The molecule has 0 aromatic heterocycles. The zero-order valence-electron chi connectivity index (χ0n) is 13.4. The van der Waals surface area contributed by atoms with Gasteiger partial charge in [-0.05, 0) is 18.1 Å². The van der Waals surface area contributed by atoms with E-state index in [-0.39, 0.29) is 11.8 Å². The average molecular weight is 304 g/mol. The Kier molecular flexibility index (Phi) is 5.81. The highest BCUT2D eigenvalue weighted by molar-refractivity contribution is 5.78. The van der Waals surface area contributed by atoms with E-state index in [0.717, 1.165) is 11.3 Å². The Bertz CT molecular complexity index is 522. The van der Waals surface area contributed by atoms with E-state index in [1.807, 2.05) is 41.0 Å². The van der Waals surface area contributed by atoms with E-state index in [4.69, 9.17) is 4.74 Å². The summed E-state index contributed by atoms with van der Waals surface area (Å²) in [5.74, 6) is 1.14. The second-order valence-electron chi connectivity index (χ2n) is 5.43. The SMILES string of the molecule is CCC(=O)N1CCN(C(=O)CCc2ccccc2OC)CC1. The first-order valence-electron chi connectivity index (χ1n) is 7.83. The Morgan fingerprint density at radius 2 is 1.64 bits per heavy atom. The summed E-state index contributed by atoms with van der Waals surface area (Å²) in [7, 11) is 1.64. The highest BCUT2D eigenvalue weighted by atomic mass is 16.5. The third-order valence-electron chi connectivity index (χ3n) is 4.09. The number of rotatable bonds is 5. The van der Waals surface area contributed by atoms with Crippen LogP contribution < -0.4 is 4.74 Å². The van der Waals surface area contributed by atoms with Gasteiger partial charge in [0, 0.05) is 39.0 Å². The first-order valence-corrected chi connectivity index (χ1v) is 7.83. The molecule has 1 saturated heterocycles. The molecule has 0 bridgehead atoms. The Hall–Kier alpha value is -2.04. The van der Waals surface area contributed by atoms with Gasteiger partial charge >= 0.3 is 0 Å². The Morgan fingerprint density at radius 1 is 1.05 bits per heavy atom. The molecule has 0 unspecified atom stereocenters. The van der Waals surface area contributed by atoms with Crippen molar-refractivity contribution < 1.29 is 14.3 Å². The number of hydrogen-bond donors (Lipinski definition) is 0. The molecule has 0 spiro atoms. The van der Waals surface area contributed by atoms with Crippen molar-refractivity contribution >= 4 is 11.8 Å². The average Bonchev–Trinajstić information content (AvgIpc) is 2.59. The molecule has 0 aliphatic carbocycles. The van der Waals surface area contributed by atoms with Crippen molar-refractivity contribution in [1.82, 2.24) is 9.80 Å². The molecule has 2 amide bonds. The normalized spacial score (nSPS) is 14.8. The van der Waals surface area contributed by atoms with Crippen molar-refractivity contribution in [3.8, 4) is 5.75 Å². The van der Waals surface area contributed by atoms with Crippen LogP contribution in [0.5, 0.6) is 5.75 Å². The maximum atomic E-state index is 12.3. The molecular formula is C17H24N2O3. The second-order valence-corrected chi connectivity index (χ2v) is 5.43. The number of methoxy groups -OCH3 is 1. The predicted molar refractivity (Wildman–Crippen MR) is 84.8 cm³/mol. The molecule has 22 heavy (non-hydrogen) atoms. The summed E-state index contributed by atoms with van der Waals surface area (Å²) >= 11 is 0. The second kappa shape index (κ2) is 7.82. The molecule has 0 atom stereocenters. The number of ether oxygens (including phenoxy) is 1. The van der Waals surface area contributed by atoms with Gasteiger partial charge in [0.15, 0.2) is 0 Å². The van der Waals surface area contributed by atoms with E-state index >= 15 is 0 Å². The Labute approximate surface area is 131 Å². The Morgan fingerprint density at radius 3 is 2.23 bits per heavy atom. The fourth-order valence-corrected chi connectivity index (χ4v) is 2.74. The molecule has 5 heteroatoms. The van der Waals surface area contributed by atoms with Gasteiger partial charge < -0.3 is 14.5 Å². The number of hydrogen-bond acceptors (Lipinski definition) is 3. The fraction of sp³-hybridized carbons (Fsp3) is 0.529. The van der Waals surface area contributed by atoms with Gasteiger partial charge in [-0.15, -0.1) is 0 Å². The number of aryl methyl sites for hydroxylation is 1. The minimum absolute atomic E-state index is 0.148. The smallest absolute Gasteiger partial charge is 0.223 e. The van der Waals surface area contributed by atoms with Crippen LogP contribution in [0.4, 0.5) is 0 Å². The number of nitrogens with zero attached hydrogens (tertiary/aromatic N) is 2. The number of para-hydroxylation sites is 1. The van der Waals surface area contributed by atoms with E-state index in [1.165, 1.54) is 0 Å². The van der Waals surface area contributed by atoms with Gasteiger partial charge in [0.1, 0.15) is 5.75 Å². The summed E-state index contributed by atoms with van der Waals surface area (Å²) < 4.78 is 5.31. The maximum Gasteiger partial charge on any atom is 0.223 e. The number of carbonyl (C=O) groups is 2. The third kappa shape index (κ3) is 4.00. The van der Waals surface area contributed by atoms with Crippen molar-refractivity contribution in [3.63, 3.8) is 0 Å². The maximum absolute atomic E-state index is 12.3. The molecule has 5 nitrogen and oxygen atoms in total. The quantitative estimate of drug-likeness (QED) is 0.832. The lowest BCUT2D eigenvalue weighted by Crippen LogP contribution is -2.50. The van der Waals surface area contributed by atoms with Crippen molar-refractivity contribution in [2.24, 2.45) is 0 Å². The van der Waals surface area contributed by atoms with E-state index < -0.39 is 0 Å². The predicted octanol–water partition coefficient (Wildman–Crippen LogP) is 1.71. The van der Waals surface area contributed by atoms with Crippen molar-refractivity contribution in [1.29, 1.82) is 0 Å². The molecule has 1 fully saturated rings. The molecule has 1 aromatic carbocycles. The highest BCUT2D eigenvalue weighted by Gasteiger charge is 2.23. The lowest BCUT2D eigenvalue weighted by Gasteiger charge is -2.34. The zero-order valence-corrected chi connectivity index (χ0v) is 13.4. The van der Waals surface area contributed by atoms with E-state index in [1.54, 1.807) is 7.11 Å². The molecule has 0 radical (unpaired) electrons. The van der Waals surface area contributed by atoms with Crippen molar-refractivity contribution in [2.75, 3.05) is 33.3 Å². The molecule has 1 aliphatic heterocycles. The molecular weight excluding hydrogens is 280 g/mol. The van der Waals surface area contributed by atoms with Crippen LogP contribution in [-0.2, 0) is 16.0 Å². The highest BCUT2D eigenvalue weighted by Crippen LogP contribution is 2.19. The monoisotopic (exact) mass is 304 g/mol. The van der Waals surface area contributed by atoms with Gasteiger partial charge in [0.25, 0.3) is 0 Å². The van der Waals surface area contributed by atoms with Gasteiger partial charge in [-0.25, -0.2) is 0 Å². The molecule has 120 valence electrons. The van der Waals surface area contributed by atoms with Crippen LogP contribution in [0.15, 0.2) is 24.3 Å². The summed E-state index contributed by atoms with van der Waals surface area (Å²) in [6.45, 7) is 4.43. The van der Waals surface area contributed by atoms with Gasteiger partial charge in [0.2, 0.25) is 11.8 Å². The largest absolute Gasteiger partial charge is 0.496 e. The standard InChI is InChI=1S/C17H24N2O3/c1-3-16(20)18-10-12-19(13-11-18)17(21)9-8-14-6-4-5-7-15(14)22-2/h4-7H,3,8-13H2,1-2H3. The lowest BCUT2D eigenvalue weighted by molar-refractivity contribution is -0.139. The zero-order chi connectivity index (χ0) is 15.9. The minimum Gasteiger partial charge on any atom is -0.496 e. The summed E-state index contributed by atoms with van der Waals surface area (Å²) in [5.41, 5.74) is 1.05. The van der Waals surface area contributed by atoms with E-state index in [2.05, 4.69) is 0 Å². The van der Waals surface area contributed by atoms with Gasteiger partial charge in [-0.3, -0.25) is 9.59 Å². The summed E-state index contributed by atoms with van der Waals surface area (Å²) in [6, 6.07) is 7.78. The van der Waals surface area contributed by atoms with Crippen LogP contribution in [0.3, 0.4) is 0 Å². The lowest BCUT2D eigenvalue weighted by atomic mass is 10.1.